The summed E-state index contributed by atoms with van der Waals surface area (Å²) in [5.74, 6) is 0.154. The molecule has 1 spiro atoms. The molecule has 4 heteroatoms. The molecule has 3 heterocycles. The fourth-order valence-electron chi connectivity index (χ4n) is 6.02. The first kappa shape index (κ1) is 21.2. The highest BCUT2D eigenvalue weighted by Gasteiger charge is 2.48. The average Bonchev–Trinajstić information content (AvgIpc) is 3.26. The second kappa shape index (κ2) is 8.44. The number of nitrogens with one attached hydrogen (secondary N) is 1. The molecule has 2 aliphatic rings. The molecule has 1 saturated heterocycles. The fraction of sp³-hybridized carbons (Fsp3) is 0.300. The molecule has 1 fully saturated rings. The van der Waals surface area contributed by atoms with E-state index in [0.29, 0.717) is 0 Å². The van der Waals surface area contributed by atoms with E-state index in [1.165, 1.54) is 33.3 Å². The van der Waals surface area contributed by atoms with Crippen LogP contribution in [0, 0.1) is 6.92 Å². The highest BCUT2D eigenvalue weighted by atomic mass is 16.2. The van der Waals surface area contributed by atoms with Crippen molar-refractivity contribution in [1.29, 1.82) is 0 Å². The van der Waals surface area contributed by atoms with Crippen molar-refractivity contribution in [3.05, 3.63) is 107 Å². The number of fused-ring (bicyclic) bond motifs is 4. The van der Waals surface area contributed by atoms with Crippen molar-refractivity contribution >= 4 is 16.8 Å². The van der Waals surface area contributed by atoms with Gasteiger partial charge in [-0.1, -0.05) is 66.2 Å². The third-order valence-electron chi connectivity index (χ3n) is 7.86. The Kier molecular flexibility index (Phi) is 5.26. The van der Waals surface area contributed by atoms with Crippen LogP contribution in [0.1, 0.15) is 45.6 Å². The number of carbonyl (C=O) groups is 1. The van der Waals surface area contributed by atoms with Crippen LogP contribution in [0.3, 0.4) is 0 Å². The van der Waals surface area contributed by atoms with Crippen molar-refractivity contribution in [3.8, 4) is 0 Å². The number of rotatable bonds is 3. The molecule has 4 aromatic rings. The van der Waals surface area contributed by atoms with Crippen LogP contribution in [0.15, 0.2) is 78.9 Å². The Bertz CT molecular complexity index is 1310. The maximum Gasteiger partial charge on any atom is 0.254 e. The molecular formula is C30H31N3O. The summed E-state index contributed by atoms with van der Waals surface area (Å²) in [6, 6.07) is 27.4. The zero-order valence-corrected chi connectivity index (χ0v) is 19.8. The molecule has 6 rings (SSSR count). The minimum absolute atomic E-state index is 0.154. The molecule has 2 aliphatic heterocycles. The molecule has 34 heavy (non-hydrogen) atoms. The maximum absolute atomic E-state index is 13.9. The van der Waals surface area contributed by atoms with Crippen molar-refractivity contribution < 1.29 is 4.79 Å². The van der Waals surface area contributed by atoms with E-state index in [9.17, 15) is 4.79 Å². The van der Waals surface area contributed by atoms with Gasteiger partial charge in [-0.15, -0.1) is 0 Å². The number of likely N-dealkylation sites (tertiary alicyclic amines) is 1. The Balaban J connectivity index is 1.37. The van der Waals surface area contributed by atoms with Crippen LogP contribution >= 0.6 is 0 Å². The molecule has 4 nitrogen and oxygen atoms in total. The summed E-state index contributed by atoms with van der Waals surface area (Å²) in [4.78, 5) is 22.4. The quantitative estimate of drug-likeness (QED) is 0.438. The Morgan fingerprint density at radius 1 is 0.882 bits per heavy atom. The molecule has 0 radical (unpaired) electrons. The molecule has 0 atom stereocenters. The monoisotopic (exact) mass is 449 g/mol. The second-order valence-electron chi connectivity index (χ2n) is 9.89. The van der Waals surface area contributed by atoms with Crippen molar-refractivity contribution in [3.63, 3.8) is 0 Å². The number of aromatic amines is 1. The van der Waals surface area contributed by atoms with Gasteiger partial charge in [0.2, 0.25) is 0 Å². The number of hydrogen-bond acceptors (Lipinski definition) is 2. The molecule has 0 unspecified atom stereocenters. The molecule has 1 aromatic heterocycles. The lowest BCUT2D eigenvalue weighted by Crippen LogP contribution is -2.58. The Morgan fingerprint density at radius 3 is 2.35 bits per heavy atom. The smallest absolute Gasteiger partial charge is 0.254 e. The third-order valence-corrected chi connectivity index (χ3v) is 7.86. The van der Waals surface area contributed by atoms with Crippen molar-refractivity contribution in [2.45, 2.75) is 38.3 Å². The number of H-pyrrole nitrogens is 1. The highest BCUT2D eigenvalue weighted by molar-refractivity contribution is 5.96. The summed E-state index contributed by atoms with van der Waals surface area (Å²) in [5.41, 5.74) is 6.87. The van der Waals surface area contributed by atoms with Crippen LogP contribution in [0.5, 0.6) is 0 Å². The van der Waals surface area contributed by atoms with Gasteiger partial charge >= 0.3 is 0 Å². The Hall–Kier alpha value is -3.37. The summed E-state index contributed by atoms with van der Waals surface area (Å²) in [7, 11) is 0. The zero-order valence-electron chi connectivity index (χ0n) is 19.8. The van der Waals surface area contributed by atoms with Gasteiger partial charge in [0, 0.05) is 48.3 Å². The first-order valence-electron chi connectivity index (χ1n) is 12.4. The number of piperidine rings is 1. The van der Waals surface area contributed by atoms with Gasteiger partial charge in [-0.05, 0) is 55.5 Å². The van der Waals surface area contributed by atoms with Gasteiger partial charge in [0.05, 0.1) is 5.54 Å². The van der Waals surface area contributed by atoms with E-state index < -0.39 is 0 Å². The number of nitrogens with zero attached hydrogens (tertiary/aromatic N) is 2. The number of para-hydroxylation sites is 1. The van der Waals surface area contributed by atoms with E-state index in [4.69, 9.17) is 0 Å². The molecule has 0 bridgehead atoms. The first-order valence-corrected chi connectivity index (χ1v) is 12.4. The molecular weight excluding hydrogens is 418 g/mol. The minimum atomic E-state index is -0.290. The normalized spacial score (nSPS) is 17.7. The van der Waals surface area contributed by atoms with Crippen LogP contribution in [-0.2, 0) is 18.5 Å². The number of amides is 1. The number of aromatic nitrogens is 1. The van der Waals surface area contributed by atoms with Crippen LogP contribution in [0.25, 0.3) is 10.9 Å². The van der Waals surface area contributed by atoms with Crippen LogP contribution in [-0.4, -0.2) is 40.3 Å². The summed E-state index contributed by atoms with van der Waals surface area (Å²) in [6.45, 7) is 5.74. The number of aryl methyl sites for hydroxylation is 1. The SMILES string of the molecule is Cc1ccc(C(=O)N2CCc3c([nH]c4ccccc34)C23CCN(Cc2ccccc2)CC3)cc1. The van der Waals surface area contributed by atoms with E-state index in [0.717, 1.165) is 51.0 Å². The van der Waals surface area contributed by atoms with Crippen molar-refractivity contribution in [2.24, 2.45) is 0 Å². The molecule has 0 aliphatic carbocycles. The van der Waals surface area contributed by atoms with Crippen LogP contribution in [0.2, 0.25) is 0 Å². The van der Waals surface area contributed by atoms with Gasteiger partial charge in [-0.3, -0.25) is 9.69 Å². The zero-order chi connectivity index (χ0) is 23.1. The van der Waals surface area contributed by atoms with Gasteiger partial charge in [-0.2, -0.15) is 0 Å². The standard InChI is InChI=1S/C30H31N3O/c1-22-11-13-24(14-12-22)29(34)33-18-15-26-25-9-5-6-10-27(25)31-28(26)30(33)16-19-32(20-17-30)21-23-7-3-2-4-8-23/h2-14,31H,15-21H2,1H3. The van der Waals surface area contributed by atoms with Crippen LogP contribution in [0.4, 0.5) is 0 Å². The lowest BCUT2D eigenvalue weighted by Gasteiger charge is -2.51. The van der Waals surface area contributed by atoms with E-state index in [2.05, 4.69) is 76.3 Å². The topological polar surface area (TPSA) is 39.3 Å². The molecule has 1 amide bonds. The second-order valence-corrected chi connectivity index (χ2v) is 9.89. The van der Waals surface area contributed by atoms with E-state index in [-0.39, 0.29) is 11.4 Å². The molecule has 0 saturated carbocycles. The predicted octanol–water partition coefficient (Wildman–Crippen LogP) is 5.67. The summed E-state index contributed by atoms with van der Waals surface area (Å²) in [5, 5.41) is 1.31. The summed E-state index contributed by atoms with van der Waals surface area (Å²) >= 11 is 0. The van der Waals surface area contributed by atoms with Gasteiger partial charge in [0.15, 0.2) is 0 Å². The first-order chi connectivity index (χ1) is 16.6. The van der Waals surface area contributed by atoms with Crippen molar-refractivity contribution in [2.75, 3.05) is 19.6 Å². The average molecular weight is 450 g/mol. The molecule has 172 valence electrons. The maximum atomic E-state index is 13.9. The van der Waals surface area contributed by atoms with Crippen molar-refractivity contribution in [1.82, 2.24) is 14.8 Å². The third kappa shape index (κ3) is 3.54. The van der Waals surface area contributed by atoms with Gasteiger partial charge in [-0.25, -0.2) is 0 Å². The molecule has 3 aromatic carbocycles. The van der Waals surface area contributed by atoms with Gasteiger partial charge < -0.3 is 9.88 Å². The minimum Gasteiger partial charge on any atom is -0.356 e. The summed E-state index contributed by atoms with van der Waals surface area (Å²) < 4.78 is 0. The Morgan fingerprint density at radius 2 is 1.59 bits per heavy atom. The number of hydrogen-bond donors (Lipinski definition) is 1. The lowest BCUT2D eigenvalue weighted by molar-refractivity contribution is 0.00781. The number of carbonyl (C=O) groups excluding carboxylic acids is 1. The number of benzene rings is 3. The Labute approximate surface area is 201 Å². The van der Waals surface area contributed by atoms with Gasteiger partial charge in [0.25, 0.3) is 5.91 Å². The van der Waals surface area contributed by atoms with E-state index in [1.54, 1.807) is 0 Å². The largest absolute Gasteiger partial charge is 0.356 e. The van der Waals surface area contributed by atoms with E-state index >= 15 is 0 Å². The van der Waals surface area contributed by atoms with Crippen LogP contribution < -0.4 is 0 Å². The van der Waals surface area contributed by atoms with E-state index in [1.807, 2.05) is 24.3 Å². The van der Waals surface area contributed by atoms with Gasteiger partial charge in [0.1, 0.15) is 0 Å². The lowest BCUT2D eigenvalue weighted by atomic mass is 9.77. The molecule has 1 N–H and O–H groups in total. The highest BCUT2D eigenvalue weighted by Crippen LogP contribution is 2.46. The predicted molar refractivity (Wildman–Crippen MR) is 137 cm³/mol. The summed E-state index contributed by atoms with van der Waals surface area (Å²) in [6.07, 6.45) is 2.78. The fourth-order valence-corrected chi connectivity index (χ4v) is 6.02.